The molecule has 0 heterocycles. The number of alkyl halides is 3. The number of hydrogen-bond acceptors (Lipinski definition) is 1. The van der Waals surface area contributed by atoms with Crippen molar-refractivity contribution in [2.75, 3.05) is 0 Å². The fourth-order valence-corrected chi connectivity index (χ4v) is 2.30. The fraction of sp³-hybridized carbons (Fsp3) is 0.250. The van der Waals surface area contributed by atoms with Crippen LogP contribution in [0.2, 0.25) is 0 Å². The summed E-state index contributed by atoms with van der Waals surface area (Å²) in [6.07, 6.45) is -5.44. The van der Waals surface area contributed by atoms with Crippen LogP contribution in [0.4, 0.5) is 17.6 Å². The van der Waals surface area contributed by atoms with Crippen molar-refractivity contribution in [1.29, 1.82) is 0 Å². The van der Waals surface area contributed by atoms with Crippen molar-refractivity contribution in [2.45, 2.75) is 25.4 Å². The quantitative estimate of drug-likeness (QED) is 0.401. The van der Waals surface area contributed by atoms with Gasteiger partial charge in [0.05, 0.1) is 6.42 Å². The minimum Gasteiger partial charge on any atom is -0.294 e. The molecule has 5 heteroatoms. The lowest BCUT2D eigenvalue weighted by atomic mass is 9.95. The molecule has 0 spiro atoms. The first kappa shape index (κ1) is 18.7. The van der Waals surface area contributed by atoms with Gasteiger partial charge in [0.25, 0.3) is 0 Å². The van der Waals surface area contributed by atoms with Crippen LogP contribution in [0.15, 0.2) is 54.6 Å². The summed E-state index contributed by atoms with van der Waals surface area (Å²) in [7, 11) is 0. The number of benzene rings is 2. The van der Waals surface area contributed by atoms with E-state index >= 15 is 0 Å². The molecule has 2 aromatic carbocycles. The van der Waals surface area contributed by atoms with Crippen LogP contribution >= 0.6 is 0 Å². The highest BCUT2D eigenvalue weighted by atomic mass is 19.4. The zero-order chi connectivity index (χ0) is 18.3. The number of carbonyl (C=O) groups is 1. The number of ketones is 1. The van der Waals surface area contributed by atoms with E-state index in [-0.39, 0.29) is 18.6 Å². The first-order valence-corrected chi connectivity index (χ1v) is 7.75. The van der Waals surface area contributed by atoms with Gasteiger partial charge in [-0.2, -0.15) is 13.2 Å². The van der Waals surface area contributed by atoms with Crippen LogP contribution in [-0.4, -0.2) is 12.0 Å². The minimum absolute atomic E-state index is 0.0111. The molecule has 2 aromatic rings. The Labute approximate surface area is 143 Å². The highest BCUT2D eigenvalue weighted by Crippen LogP contribution is 2.27. The number of carbonyl (C=O) groups excluding carboxylic acids is 1. The van der Waals surface area contributed by atoms with E-state index in [1.54, 1.807) is 30.3 Å². The SMILES string of the molecule is O=C(CCC(C#Cc1ccc(F)cc1)CC(F)(F)F)c1ccccc1. The fourth-order valence-electron chi connectivity index (χ4n) is 2.30. The van der Waals surface area contributed by atoms with E-state index in [1.165, 1.54) is 24.3 Å². The molecule has 1 nitrogen and oxygen atoms in total. The van der Waals surface area contributed by atoms with Crippen molar-refractivity contribution in [1.82, 2.24) is 0 Å². The maximum absolute atomic E-state index is 12.8. The van der Waals surface area contributed by atoms with Gasteiger partial charge in [0, 0.05) is 23.5 Å². The summed E-state index contributed by atoms with van der Waals surface area (Å²) in [4.78, 5) is 12.1. The summed E-state index contributed by atoms with van der Waals surface area (Å²) in [5.74, 6) is 3.57. The highest BCUT2D eigenvalue weighted by Gasteiger charge is 2.31. The Morgan fingerprint density at radius 1 is 1.00 bits per heavy atom. The van der Waals surface area contributed by atoms with Crippen molar-refractivity contribution < 1.29 is 22.4 Å². The zero-order valence-electron chi connectivity index (χ0n) is 13.3. The molecule has 0 radical (unpaired) electrons. The Hall–Kier alpha value is -2.61. The van der Waals surface area contributed by atoms with Gasteiger partial charge < -0.3 is 0 Å². The van der Waals surface area contributed by atoms with Crippen LogP contribution in [0, 0.1) is 23.6 Å². The van der Waals surface area contributed by atoms with Crippen molar-refractivity contribution in [3.8, 4) is 11.8 Å². The summed E-state index contributed by atoms with van der Waals surface area (Å²) >= 11 is 0. The Morgan fingerprint density at radius 3 is 2.24 bits per heavy atom. The third-order valence-electron chi connectivity index (χ3n) is 3.56. The van der Waals surface area contributed by atoms with E-state index in [2.05, 4.69) is 11.8 Å². The van der Waals surface area contributed by atoms with Crippen molar-refractivity contribution in [2.24, 2.45) is 5.92 Å². The van der Waals surface area contributed by atoms with Crippen LogP contribution in [0.3, 0.4) is 0 Å². The molecule has 0 bridgehead atoms. The van der Waals surface area contributed by atoms with E-state index in [9.17, 15) is 22.4 Å². The molecule has 130 valence electrons. The third-order valence-corrected chi connectivity index (χ3v) is 3.56. The molecule has 25 heavy (non-hydrogen) atoms. The lowest BCUT2D eigenvalue weighted by Crippen LogP contribution is -2.15. The Morgan fingerprint density at radius 2 is 1.64 bits per heavy atom. The molecular formula is C20H16F4O. The highest BCUT2D eigenvalue weighted by molar-refractivity contribution is 5.95. The summed E-state index contributed by atoms with van der Waals surface area (Å²) in [5.41, 5.74) is 0.905. The predicted octanol–water partition coefficient (Wildman–Crippen LogP) is 5.41. The summed E-state index contributed by atoms with van der Waals surface area (Å²) in [5, 5.41) is 0. The van der Waals surface area contributed by atoms with E-state index in [1.807, 2.05) is 0 Å². The van der Waals surface area contributed by atoms with Crippen molar-refractivity contribution in [3.63, 3.8) is 0 Å². The van der Waals surface area contributed by atoms with Gasteiger partial charge in [-0.25, -0.2) is 4.39 Å². The summed E-state index contributed by atoms with van der Waals surface area (Å²) in [6.45, 7) is 0. The van der Waals surface area contributed by atoms with Crippen LogP contribution in [0.25, 0.3) is 0 Å². The lowest BCUT2D eigenvalue weighted by Gasteiger charge is -2.13. The normalized spacial score (nSPS) is 12.2. The molecule has 1 unspecified atom stereocenters. The summed E-state index contributed by atoms with van der Waals surface area (Å²) < 4.78 is 51.0. The second-order valence-electron chi connectivity index (χ2n) is 5.62. The standard InChI is InChI=1S/C20H16F4O/c21-18-11-8-15(9-12-18)6-7-16(14-20(22,23)24)10-13-19(25)17-4-2-1-3-5-17/h1-5,8-9,11-12,16H,10,13-14H2. The first-order valence-electron chi connectivity index (χ1n) is 7.75. The van der Waals surface area contributed by atoms with E-state index < -0.39 is 24.3 Å². The first-order chi connectivity index (χ1) is 11.8. The lowest BCUT2D eigenvalue weighted by molar-refractivity contribution is -0.140. The van der Waals surface area contributed by atoms with Gasteiger partial charge in [-0.3, -0.25) is 4.79 Å². The van der Waals surface area contributed by atoms with Crippen LogP contribution in [-0.2, 0) is 0 Å². The molecule has 0 saturated carbocycles. The molecule has 1 atom stereocenters. The van der Waals surface area contributed by atoms with Crippen LogP contribution in [0.5, 0.6) is 0 Å². The largest absolute Gasteiger partial charge is 0.390 e. The van der Waals surface area contributed by atoms with Crippen LogP contribution in [0.1, 0.15) is 35.2 Å². The van der Waals surface area contributed by atoms with Gasteiger partial charge in [0.15, 0.2) is 5.78 Å². The molecular weight excluding hydrogens is 332 g/mol. The molecule has 0 aliphatic rings. The second kappa shape index (κ2) is 8.48. The zero-order valence-corrected chi connectivity index (χ0v) is 13.3. The average Bonchev–Trinajstić information content (AvgIpc) is 2.58. The molecule has 0 aliphatic carbocycles. The molecule has 0 aliphatic heterocycles. The topological polar surface area (TPSA) is 17.1 Å². The van der Waals surface area contributed by atoms with Gasteiger partial charge >= 0.3 is 6.18 Å². The molecule has 0 aromatic heterocycles. The molecule has 2 rings (SSSR count). The second-order valence-corrected chi connectivity index (χ2v) is 5.62. The Bertz CT molecular complexity index is 752. The van der Waals surface area contributed by atoms with E-state index in [0.29, 0.717) is 11.1 Å². The third kappa shape index (κ3) is 6.80. The molecule has 0 amide bonds. The van der Waals surface area contributed by atoms with Crippen LogP contribution < -0.4 is 0 Å². The Balaban J connectivity index is 2.06. The van der Waals surface area contributed by atoms with Crippen molar-refractivity contribution in [3.05, 3.63) is 71.5 Å². The van der Waals surface area contributed by atoms with Gasteiger partial charge in [0.2, 0.25) is 0 Å². The van der Waals surface area contributed by atoms with Gasteiger partial charge in [-0.05, 0) is 30.7 Å². The molecule has 0 N–H and O–H groups in total. The number of hydrogen-bond donors (Lipinski definition) is 0. The predicted molar refractivity (Wildman–Crippen MR) is 87.4 cm³/mol. The molecule has 0 saturated heterocycles. The number of Topliss-reactive ketones (excluding diaryl/α,β-unsaturated/α-hetero) is 1. The maximum atomic E-state index is 12.8. The average molecular weight is 348 g/mol. The minimum atomic E-state index is -4.36. The monoisotopic (exact) mass is 348 g/mol. The van der Waals surface area contributed by atoms with Gasteiger partial charge in [-0.15, -0.1) is 0 Å². The number of halogens is 4. The number of rotatable bonds is 5. The van der Waals surface area contributed by atoms with Gasteiger partial charge in [0.1, 0.15) is 5.82 Å². The smallest absolute Gasteiger partial charge is 0.294 e. The molecule has 0 fully saturated rings. The van der Waals surface area contributed by atoms with Crippen molar-refractivity contribution >= 4 is 5.78 Å². The Kier molecular flexibility index (Phi) is 6.35. The van der Waals surface area contributed by atoms with E-state index in [0.717, 1.165) is 0 Å². The maximum Gasteiger partial charge on any atom is 0.390 e. The van der Waals surface area contributed by atoms with Gasteiger partial charge in [-0.1, -0.05) is 42.2 Å². The summed E-state index contributed by atoms with van der Waals surface area (Å²) in [6, 6.07) is 13.6. The van der Waals surface area contributed by atoms with E-state index in [4.69, 9.17) is 0 Å².